The molecule has 9 heteroatoms. The molecule has 2 atom stereocenters. The molecule has 33 heavy (non-hydrogen) atoms. The van der Waals surface area contributed by atoms with Crippen LogP contribution in [-0.2, 0) is 16.1 Å². The van der Waals surface area contributed by atoms with Gasteiger partial charge in [0, 0.05) is 10.6 Å². The fourth-order valence-electron chi connectivity index (χ4n) is 4.09. The highest BCUT2D eigenvalue weighted by Crippen LogP contribution is 2.34. The van der Waals surface area contributed by atoms with E-state index >= 15 is 0 Å². The third kappa shape index (κ3) is 3.70. The van der Waals surface area contributed by atoms with Crippen molar-refractivity contribution in [2.45, 2.75) is 45.3 Å². The molecule has 0 N–H and O–H groups in total. The summed E-state index contributed by atoms with van der Waals surface area (Å²) in [5.74, 6) is 0.670. The standard InChI is InChI=1S/C24H22ClN5O3/c1-13(2)15-7-9-18(10-8-15)30-23(31)20-21(24(30)32)29(28-27-20)12-19-14(3)33-22(26-19)16-5-4-6-17(25)11-16/h4-11,13,20-21H,12H2,1-3H3. The number of benzene rings is 2. The third-order valence-electron chi connectivity index (χ3n) is 5.95. The Kier molecular flexibility index (Phi) is 5.25. The second-order valence-corrected chi connectivity index (χ2v) is 8.92. The van der Waals surface area contributed by atoms with Crippen LogP contribution in [0.1, 0.15) is 36.8 Å². The van der Waals surface area contributed by atoms with Crippen molar-refractivity contribution in [2.75, 3.05) is 4.90 Å². The van der Waals surface area contributed by atoms with E-state index < -0.39 is 12.1 Å². The van der Waals surface area contributed by atoms with Gasteiger partial charge in [-0.1, -0.05) is 48.9 Å². The zero-order chi connectivity index (χ0) is 23.3. The Balaban J connectivity index is 1.38. The van der Waals surface area contributed by atoms with Gasteiger partial charge in [0.25, 0.3) is 11.8 Å². The van der Waals surface area contributed by atoms with Crippen LogP contribution in [0.15, 0.2) is 63.3 Å². The fraction of sp³-hybridized carbons (Fsp3) is 0.292. The lowest BCUT2D eigenvalue weighted by Crippen LogP contribution is -2.39. The minimum absolute atomic E-state index is 0.194. The number of anilines is 1. The number of hydrogen-bond acceptors (Lipinski definition) is 7. The lowest BCUT2D eigenvalue weighted by molar-refractivity contribution is -0.123. The van der Waals surface area contributed by atoms with Gasteiger partial charge in [-0.05, 0) is 48.7 Å². The first-order valence-electron chi connectivity index (χ1n) is 10.7. The quantitative estimate of drug-likeness (QED) is 0.501. The monoisotopic (exact) mass is 463 g/mol. The van der Waals surface area contributed by atoms with Crippen molar-refractivity contribution in [3.8, 4) is 11.5 Å². The number of halogens is 1. The summed E-state index contributed by atoms with van der Waals surface area (Å²) in [6.07, 6.45) is 0. The molecule has 1 fully saturated rings. The van der Waals surface area contributed by atoms with Crippen molar-refractivity contribution in [2.24, 2.45) is 10.3 Å². The lowest BCUT2D eigenvalue weighted by Gasteiger charge is -2.20. The maximum absolute atomic E-state index is 13.3. The largest absolute Gasteiger partial charge is 0.441 e. The topological polar surface area (TPSA) is 91.4 Å². The highest BCUT2D eigenvalue weighted by atomic mass is 35.5. The third-order valence-corrected chi connectivity index (χ3v) is 6.19. The zero-order valence-corrected chi connectivity index (χ0v) is 19.2. The van der Waals surface area contributed by atoms with E-state index in [2.05, 4.69) is 29.2 Å². The normalized spacial score (nSPS) is 19.8. The van der Waals surface area contributed by atoms with Gasteiger partial charge < -0.3 is 4.42 Å². The molecule has 0 spiro atoms. The Labute approximate surface area is 195 Å². The number of hydrogen-bond donors (Lipinski definition) is 0. The van der Waals surface area contributed by atoms with Gasteiger partial charge in [-0.15, -0.1) is 0 Å². The van der Waals surface area contributed by atoms with Crippen molar-refractivity contribution in [1.29, 1.82) is 0 Å². The van der Waals surface area contributed by atoms with E-state index in [-0.39, 0.29) is 18.4 Å². The Morgan fingerprint density at radius 2 is 1.85 bits per heavy atom. The van der Waals surface area contributed by atoms with Crippen molar-refractivity contribution in [3.63, 3.8) is 0 Å². The molecule has 0 aliphatic carbocycles. The summed E-state index contributed by atoms with van der Waals surface area (Å²) in [4.78, 5) is 32.0. The number of aromatic nitrogens is 1. The molecule has 2 unspecified atom stereocenters. The van der Waals surface area contributed by atoms with Gasteiger partial charge in [0.1, 0.15) is 11.5 Å². The first kappa shape index (κ1) is 21.3. The summed E-state index contributed by atoms with van der Waals surface area (Å²) < 4.78 is 5.82. The number of carbonyl (C=O) groups excluding carboxylic acids is 2. The first-order valence-corrected chi connectivity index (χ1v) is 11.1. The molecule has 1 saturated heterocycles. The molecule has 3 aromatic rings. The minimum atomic E-state index is -0.859. The van der Waals surface area contributed by atoms with Crippen LogP contribution in [0, 0.1) is 6.92 Å². The fourth-order valence-corrected chi connectivity index (χ4v) is 4.28. The molecule has 0 bridgehead atoms. The number of fused-ring (bicyclic) bond motifs is 1. The van der Waals surface area contributed by atoms with Crippen LogP contribution in [0.3, 0.4) is 0 Å². The summed E-state index contributed by atoms with van der Waals surface area (Å²) in [5.41, 5.74) is 3.04. The van der Waals surface area contributed by atoms with E-state index in [9.17, 15) is 9.59 Å². The minimum Gasteiger partial charge on any atom is -0.441 e. The number of amides is 2. The maximum atomic E-state index is 13.3. The van der Waals surface area contributed by atoms with Crippen LogP contribution >= 0.6 is 11.6 Å². The van der Waals surface area contributed by atoms with E-state index in [4.69, 9.17) is 16.0 Å². The molecule has 1 aromatic heterocycles. The summed E-state index contributed by atoms with van der Waals surface area (Å²) in [6, 6.07) is 13.0. The average molecular weight is 464 g/mol. The molecule has 2 amide bonds. The Morgan fingerprint density at radius 1 is 1.09 bits per heavy atom. The molecular weight excluding hydrogens is 442 g/mol. The zero-order valence-electron chi connectivity index (χ0n) is 18.4. The van der Waals surface area contributed by atoms with Gasteiger partial charge >= 0.3 is 0 Å². The molecule has 5 rings (SSSR count). The molecule has 2 aliphatic heterocycles. The molecule has 0 radical (unpaired) electrons. The SMILES string of the molecule is Cc1oc(-c2cccc(Cl)c2)nc1CN1N=NC2C(=O)N(c3ccc(C(C)C)cc3)C(=O)C21. The second-order valence-electron chi connectivity index (χ2n) is 8.48. The van der Waals surface area contributed by atoms with Gasteiger partial charge in [0.05, 0.1) is 12.2 Å². The molecular formula is C24H22ClN5O3. The van der Waals surface area contributed by atoms with E-state index in [0.29, 0.717) is 34.0 Å². The highest BCUT2D eigenvalue weighted by molar-refractivity contribution is 6.30. The Hall–Kier alpha value is -3.52. The Morgan fingerprint density at radius 3 is 2.55 bits per heavy atom. The van der Waals surface area contributed by atoms with E-state index in [1.54, 1.807) is 31.2 Å². The van der Waals surface area contributed by atoms with Gasteiger partial charge in [-0.3, -0.25) is 14.6 Å². The molecule has 3 heterocycles. The van der Waals surface area contributed by atoms with Crippen molar-refractivity contribution < 1.29 is 14.0 Å². The number of nitrogens with zero attached hydrogens (tertiary/aromatic N) is 5. The lowest BCUT2D eigenvalue weighted by atomic mass is 10.0. The summed E-state index contributed by atoms with van der Waals surface area (Å²) in [5, 5.41) is 10.3. The van der Waals surface area contributed by atoms with Crippen LogP contribution in [0.4, 0.5) is 5.69 Å². The Bertz CT molecular complexity index is 1270. The van der Waals surface area contributed by atoms with Crippen LogP contribution in [-0.4, -0.2) is 33.9 Å². The number of rotatable bonds is 5. The molecule has 168 valence electrons. The van der Waals surface area contributed by atoms with Crippen LogP contribution in [0.2, 0.25) is 5.02 Å². The number of imide groups is 1. The van der Waals surface area contributed by atoms with Crippen molar-refractivity contribution in [3.05, 3.63) is 70.6 Å². The molecule has 2 aromatic carbocycles. The molecule has 2 aliphatic rings. The van der Waals surface area contributed by atoms with E-state index in [0.717, 1.165) is 11.1 Å². The van der Waals surface area contributed by atoms with E-state index in [1.165, 1.54) is 9.91 Å². The number of oxazole rings is 1. The van der Waals surface area contributed by atoms with Gasteiger partial charge in [-0.2, -0.15) is 5.11 Å². The van der Waals surface area contributed by atoms with Crippen LogP contribution in [0.25, 0.3) is 11.5 Å². The predicted molar refractivity (Wildman–Crippen MR) is 123 cm³/mol. The number of aryl methyl sites for hydroxylation is 1. The predicted octanol–water partition coefficient (Wildman–Crippen LogP) is 4.92. The van der Waals surface area contributed by atoms with E-state index in [1.807, 2.05) is 24.3 Å². The highest BCUT2D eigenvalue weighted by Gasteiger charge is 2.54. The van der Waals surface area contributed by atoms with Gasteiger partial charge in [0.15, 0.2) is 12.1 Å². The summed E-state index contributed by atoms with van der Waals surface area (Å²) in [7, 11) is 0. The van der Waals surface area contributed by atoms with Crippen LogP contribution < -0.4 is 4.90 Å². The van der Waals surface area contributed by atoms with Gasteiger partial charge in [0.2, 0.25) is 5.89 Å². The summed E-state index contributed by atoms with van der Waals surface area (Å²) >= 11 is 6.08. The first-order chi connectivity index (χ1) is 15.8. The second kappa shape index (κ2) is 8.12. The maximum Gasteiger partial charge on any atom is 0.263 e. The average Bonchev–Trinajstić information content (AvgIpc) is 3.44. The van der Waals surface area contributed by atoms with Gasteiger partial charge in [-0.25, -0.2) is 9.88 Å². The summed E-state index contributed by atoms with van der Waals surface area (Å²) in [6.45, 7) is 6.17. The molecule has 0 saturated carbocycles. The van der Waals surface area contributed by atoms with Crippen molar-refractivity contribution in [1.82, 2.24) is 9.99 Å². The van der Waals surface area contributed by atoms with Crippen LogP contribution in [0.5, 0.6) is 0 Å². The van der Waals surface area contributed by atoms with Crippen molar-refractivity contribution >= 4 is 29.1 Å². The smallest absolute Gasteiger partial charge is 0.263 e. The number of carbonyl (C=O) groups is 2. The molecule has 8 nitrogen and oxygen atoms in total.